The van der Waals surface area contributed by atoms with E-state index in [-0.39, 0.29) is 6.54 Å². The minimum Gasteiger partial charge on any atom is -0.338 e. The topological polar surface area (TPSA) is 64.9 Å². The Labute approximate surface area is 100 Å². The van der Waals surface area contributed by atoms with E-state index in [0.29, 0.717) is 33.9 Å². The Bertz CT molecular complexity index is 504. The van der Waals surface area contributed by atoms with Crippen LogP contribution < -0.4 is 5.73 Å². The van der Waals surface area contributed by atoms with Gasteiger partial charge in [0.15, 0.2) is 0 Å². The van der Waals surface area contributed by atoms with Crippen molar-refractivity contribution in [2.24, 2.45) is 5.73 Å². The predicted molar refractivity (Wildman–Crippen MR) is 59.5 cm³/mol. The van der Waals surface area contributed by atoms with Crippen LogP contribution in [0.15, 0.2) is 33.7 Å². The summed E-state index contributed by atoms with van der Waals surface area (Å²) in [6, 6.07) is 6.57. The molecule has 17 heavy (non-hydrogen) atoms. The molecule has 0 saturated carbocycles. The fourth-order valence-electron chi connectivity index (χ4n) is 1.27. The van der Waals surface area contributed by atoms with Crippen LogP contribution in [0.25, 0.3) is 11.4 Å². The van der Waals surface area contributed by atoms with Gasteiger partial charge in [-0.25, -0.2) is 0 Å². The molecule has 0 fully saturated rings. The van der Waals surface area contributed by atoms with E-state index in [9.17, 15) is 8.78 Å². The van der Waals surface area contributed by atoms with Crippen LogP contribution in [0.4, 0.5) is 8.78 Å². The van der Waals surface area contributed by atoms with Crippen molar-refractivity contribution in [3.05, 3.63) is 30.2 Å². The lowest BCUT2D eigenvalue weighted by Crippen LogP contribution is -1.95. The molecule has 0 aliphatic carbocycles. The van der Waals surface area contributed by atoms with Gasteiger partial charge in [-0.1, -0.05) is 29.1 Å². The largest absolute Gasteiger partial charge is 0.338 e. The van der Waals surface area contributed by atoms with Crippen LogP contribution in [-0.4, -0.2) is 15.9 Å². The Hall–Kier alpha value is -1.47. The van der Waals surface area contributed by atoms with Gasteiger partial charge in [-0.15, -0.1) is 0 Å². The summed E-state index contributed by atoms with van der Waals surface area (Å²) in [7, 11) is 0. The predicted octanol–water partition coefficient (Wildman–Crippen LogP) is 2.51. The maximum absolute atomic E-state index is 12.2. The van der Waals surface area contributed by atoms with Gasteiger partial charge in [0, 0.05) is 10.5 Å². The zero-order valence-corrected chi connectivity index (χ0v) is 9.45. The molecule has 0 amide bonds. The molecule has 2 N–H and O–H groups in total. The number of thioether (sulfide) groups is 1. The third-order valence-electron chi connectivity index (χ3n) is 1.96. The molecule has 4 nitrogen and oxygen atoms in total. The van der Waals surface area contributed by atoms with Gasteiger partial charge < -0.3 is 10.3 Å². The molecule has 0 aliphatic heterocycles. The summed E-state index contributed by atoms with van der Waals surface area (Å²) in [6.45, 7) is 0.151. The molecule has 0 unspecified atom stereocenters. The van der Waals surface area contributed by atoms with Crippen molar-refractivity contribution >= 4 is 11.8 Å². The summed E-state index contributed by atoms with van der Waals surface area (Å²) < 4.78 is 29.3. The number of nitrogens with zero attached hydrogens (tertiary/aromatic N) is 2. The van der Waals surface area contributed by atoms with Gasteiger partial charge in [0.2, 0.25) is 11.7 Å². The van der Waals surface area contributed by atoms with E-state index in [0.717, 1.165) is 0 Å². The Morgan fingerprint density at radius 3 is 2.88 bits per heavy atom. The molecule has 1 aromatic heterocycles. The number of rotatable bonds is 4. The fraction of sp³-hybridized carbons (Fsp3) is 0.200. The van der Waals surface area contributed by atoms with E-state index in [1.807, 2.05) is 0 Å². The molecule has 1 heterocycles. The summed E-state index contributed by atoms with van der Waals surface area (Å²) in [5, 5.41) is 3.71. The Kier molecular flexibility index (Phi) is 3.70. The van der Waals surface area contributed by atoms with E-state index in [1.165, 1.54) is 0 Å². The zero-order chi connectivity index (χ0) is 12.3. The highest BCUT2D eigenvalue weighted by molar-refractivity contribution is 7.99. The van der Waals surface area contributed by atoms with Gasteiger partial charge in [-0.2, -0.15) is 13.8 Å². The number of halogens is 2. The van der Waals surface area contributed by atoms with Gasteiger partial charge in [0.05, 0.1) is 6.54 Å². The van der Waals surface area contributed by atoms with Gasteiger partial charge in [-0.05, 0) is 12.1 Å². The summed E-state index contributed by atoms with van der Waals surface area (Å²) in [5.74, 6) is -1.79. The van der Waals surface area contributed by atoms with Crippen molar-refractivity contribution in [3.63, 3.8) is 0 Å². The lowest BCUT2D eigenvalue weighted by Gasteiger charge is -2.00. The third-order valence-corrected chi connectivity index (χ3v) is 2.66. The first-order valence-electron chi connectivity index (χ1n) is 4.77. The van der Waals surface area contributed by atoms with E-state index < -0.39 is 5.76 Å². The molecule has 2 rings (SSSR count). The molecule has 1 aromatic carbocycles. The second-order valence-electron chi connectivity index (χ2n) is 3.12. The van der Waals surface area contributed by atoms with Crippen LogP contribution in [0.1, 0.15) is 5.89 Å². The average molecular weight is 257 g/mol. The zero-order valence-electron chi connectivity index (χ0n) is 8.64. The minimum atomic E-state index is -2.45. The van der Waals surface area contributed by atoms with Crippen LogP contribution in [0.5, 0.6) is 0 Å². The van der Waals surface area contributed by atoms with Crippen LogP contribution in [0.2, 0.25) is 0 Å². The van der Waals surface area contributed by atoms with Crippen molar-refractivity contribution < 1.29 is 13.3 Å². The smallest absolute Gasteiger partial charge is 0.288 e. The van der Waals surface area contributed by atoms with E-state index in [1.54, 1.807) is 24.3 Å². The number of hydrogen-bond donors (Lipinski definition) is 1. The molecular formula is C10H9F2N3OS. The number of nitrogens with two attached hydrogens (primary N) is 1. The lowest BCUT2D eigenvalue weighted by molar-refractivity contribution is 0.252. The molecule has 0 spiro atoms. The summed E-state index contributed by atoms with van der Waals surface area (Å²) in [4.78, 5) is 4.47. The number of alkyl halides is 2. The second-order valence-corrected chi connectivity index (χ2v) is 4.19. The minimum absolute atomic E-state index is 0.151. The molecule has 0 aliphatic rings. The maximum Gasteiger partial charge on any atom is 0.288 e. The first-order valence-corrected chi connectivity index (χ1v) is 5.65. The Morgan fingerprint density at radius 1 is 1.41 bits per heavy atom. The highest BCUT2D eigenvalue weighted by Gasteiger charge is 2.10. The third kappa shape index (κ3) is 3.01. The second kappa shape index (κ2) is 5.24. The molecule has 0 atom stereocenters. The van der Waals surface area contributed by atoms with Crippen LogP contribution in [-0.2, 0) is 6.54 Å². The molecule has 2 aromatic rings. The Balaban J connectivity index is 2.26. The molecular weight excluding hydrogens is 248 g/mol. The van der Waals surface area contributed by atoms with Crippen LogP contribution in [0.3, 0.4) is 0 Å². The first-order chi connectivity index (χ1) is 8.19. The summed E-state index contributed by atoms with van der Waals surface area (Å²) in [6.07, 6.45) is 0. The van der Waals surface area contributed by atoms with Gasteiger partial charge >= 0.3 is 0 Å². The van der Waals surface area contributed by atoms with Gasteiger partial charge in [0.1, 0.15) is 0 Å². The van der Waals surface area contributed by atoms with E-state index >= 15 is 0 Å². The fourth-order valence-corrected chi connectivity index (χ4v) is 1.82. The first kappa shape index (κ1) is 12.0. The quantitative estimate of drug-likeness (QED) is 0.852. The Morgan fingerprint density at radius 2 is 2.24 bits per heavy atom. The van der Waals surface area contributed by atoms with Crippen LogP contribution >= 0.6 is 11.8 Å². The molecule has 7 heteroatoms. The highest BCUT2D eigenvalue weighted by atomic mass is 32.2. The molecule has 0 bridgehead atoms. The summed E-state index contributed by atoms with van der Waals surface area (Å²) in [5.41, 5.74) is 5.96. The normalized spacial score (nSPS) is 11.1. The van der Waals surface area contributed by atoms with Crippen molar-refractivity contribution in [1.29, 1.82) is 0 Å². The van der Waals surface area contributed by atoms with Gasteiger partial charge in [0.25, 0.3) is 5.76 Å². The van der Waals surface area contributed by atoms with Crippen molar-refractivity contribution in [3.8, 4) is 11.4 Å². The van der Waals surface area contributed by atoms with Crippen molar-refractivity contribution in [2.45, 2.75) is 17.2 Å². The standard InChI is InChI=1S/C10H9F2N3OS/c11-10(12)17-7-3-1-2-6(4-7)9-14-8(5-13)16-15-9/h1-4,10H,5,13H2. The highest BCUT2D eigenvalue weighted by Crippen LogP contribution is 2.28. The SMILES string of the molecule is NCc1nc(-c2cccc(SC(F)F)c2)no1. The van der Waals surface area contributed by atoms with Crippen molar-refractivity contribution in [2.75, 3.05) is 0 Å². The van der Waals surface area contributed by atoms with Gasteiger partial charge in [-0.3, -0.25) is 0 Å². The molecule has 0 radical (unpaired) electrons. The average Bonchev–Trinajstić information content (AvgIpc) is 2.77. The lowest BCUT2D eigenvalue weighted by atomic mass is 10.2. The molecule has 90 valence electrons. The van der Waals surface area contributed by atoms with Crippen molar-refractivity contribution in [1.82, 2.24) is 10.1 Å². The molecule has 0 saturated heterocycles. The number of hydrogen-bond acceptors (Lipinski definition) is 5. The van der Waals surface area contributed by atoms with Crippen LogP contribution in [0, 0.1) is 0 Å². The maximum atomic E-state index is 12.2. The monoisotopic (exact) mass is 257 g/mol. The van der Waals surface area contributed by atoms with E-state index in [4.69, 9.17) is 10.3 Å². The van der Waals surface area contributed by atoms with E-state index in [2.05, 4.69) is 10.1 Å². The number of benzene rings is 1. The summed E-state index contributed by atoms with van der Waals surface area (Å²) >= 11 is 0.476. The number of aromatic nitrogens is 2.